The molecule has 1 atom stereocenters. The van der Waals surface area contributed by atoms with Gasteiger partial charge in [-0.2, -0.15) is 4.98 Å². The summed E-state index contributed by atoms with van der Waals surface area (Å²) >= 11 is 0. The van der Waals surface area contributed by atoms with Crippen LogP contribution >= 0.6 is 0 Å². The van der Waals surface area contributed by atoms with E-state index in [1.165, 1.54) is 0 Å². The van der Waals surface area contributed by atoms with Gasteiger partial charge in [-0.25, -0.2) is 9.67 Å². The van der Waals surface area contributed by atoms with Crippen molar-refractivity contribution >= 4 is 17.1 Å². The van der Waals surface area contributed by atoms with E-state index in [1.807, 2.05) is 37.3 Å². The highest BCUT2D eigenvalue weighted by Gasteiger charge is 2.19. The molecule has 0 amide bonds. The van der Waals surface area contributed by atoms with Crippen molar-refractivity contribution < 1.29 is 13.9 Å². The lowest BCUT2D eigenvalue weighted by atomic mass is 10.2. The third kappa shape index (κ3) is 3.74. The average molecular weight is 407 g/mol. The van der Waals surface area contributed by atoms with E-state index in [9.17, 15) is 0 Å². The molecule has 5 heterocycles. The maximum atomic E-state index is 5.94. The lowest BCUT2D eigenvalue weighted by Crippen LogP contribution is -2.13. The number of fused-ring (bicyclic) bond motifs is 1. The molecule has 10 nitrogen and oxygen atoms in total. The Labute approximate surface area is 172 Å². The van der Waals surface area contributed by atoms with Gasteiger partial charge in [-0.1, -0.05) is 11.3 Å². The quantitative estimate of drug-likeness (QED) is 0.511. The van der Waals surface area contributed by atoms with Gasteiger partial charge in [0.15, 0.2) is 16.9 Å². The van der Waals surface area contributed by atoms with Gasteiger partial charge >= 0.3 is 0 Å². The second-order valence-electron chi connectivity index (χ2n) is 7.18. The summed E-state index contributed by atoms with van der Waals surface area (Å²) in [6.07, 6.45) is 1.06. The second kappa shape index (κ2) is 7.81. The van der Waals surface area contributed by atoms with E-state index in [2.05, 4.69) is 25.3 Å². The lowest BCUT2D eigenvalue weighted by Gasteiger charge is -2.10. The van der Waals surface area contributed by atoms with Crippen LogP contribution in [0.3, 0.4) is 0 Å². The molecule has 0 aliphatic carbocycles. The summed E-state index contributed by atoms with van der Waals surface area (Å²) in [4.78, 5) is 13.3. The molecule has 2 N–H and O–H groups in total. The molecule has 1 aliphatic rings. The molecule has 0 spiro atoms. The maximum Gasteiger partial charge on any atom is 0.222 e. The van der Waals surface area contributed by atoms with E-state index < -0.39 is 0 Å². The summed E-state index contributed by atoms with van der Waals surface area (Å²) in [6, 6.07) is 9.51. The van der Waals surface area contributed by atoms with Crippen LogP contribution in [0.15, 0.2) is 34.7 Å². The Bertz CT molecular complexity index is 1180. The summed E-state index contributed by atoms with van der Waals surface area (Å²) in [5.41, 5.74) is 9.18. The van der Waals surface area contributed by atoms with Gasteiger partial charge in [0.05, 0.1) is 37.3 Å². The van der Waals surface area contributed by atoms with Crippen LogP contribution in [0.25, 0.3) is 22.6 Å². The number of hydrogen-bond donors (Lipinski definition) is 1. The number of hydrogen-bond acceptors (Lipinski definition) is 9. The molecule has 1 saturated heterocycles. The highest BCUT2D eigenvalue weighted by atomic mass is 16.5. The molecule has 10 heteroatoms. The number of furan rings is 1. The van der Waals surface area contributed by atoms with Gasteiger partial charge in [-0.05, 0) is 37.6 Å². The van der Waals surface area contributed by atoms with E-state index in [4.69, 9.17) is 19.6 Å². The van der Waals surface area contributed by atoms with Gasteiger partial charge in [0.25, 0.3) is 0 Å². The van der Waals surface area contributed by atoms with Crippen LogP contribution in [0.5, 0.6) is 0 Å². The third-order valence-corrected chi connectivity index (χ3v) is 4.88. The van der Waals surface area contributed by atoms with Gasteiger partial charge in [-0.15, -0.1) is 5.10 Å². The van der Waals surface area contributed by atoms with Crippen LogP contribution in [-0.2, 0) is 22.6 Å². The first-order valence-electron chi connectivity index (χ1n) is 9.73. The Kier molecular flexibility index (Phi) is 4.85. The van der Waals surface area contributed by atoms with Crippen molar-refractivity contribution in [1.82, 2.24) is 29.9 Å². The van der Waals surface area contributed by atoms with Gasteiger partial charge in [0, 0.05) is 6.61 Å². The fourth-order valence-electron chi connectivity index (χ4n) is 3.41. The molecule has 0 radical (unpaired) electrons. The van der Waals surface area contributed by atoms with Crippen molar-refractivity contribution in [2.75, 3.05) is 18.9 Å². The highest BCUT2D eigenvalue weighted by Crippen LogP contribution is 2.27. The maximum absolute atomic E-state index is 5.94. The monoisotopic (exact) mass is 407 g/mol. The SMILES string of the molecule is Cc1ccc(-c2nc(N)nc3c2nnn3Cc2cccc(CO[C@@H]3CCOC3)n2)o1. The molecule has 30 heavy (non-hydrogen) atoms. The Morgan fingerprint density at radius 3 is 2.87 bits per heavy atom. The van der Waals surface area contributed by atoms with Crippen LogP contribution < -0.4 is 5.73 Å². The largest absolute Gasteiger partial charge is 0.460 e. The fraction of sp³-hybridized carbons (Fsp3) is 0.350. The molecule has 0 unspecified atom stereocenters. The standard InChI is InChI=1S/C20H21N7O3/c1-12-5-6-16(30-12)17-18-19(24-20(21)23-17)27(26-25-18)9-13-3-2-4-14(22-13)10-29-15-7-8-28-11-15/h2-6,15H,7-11H2,1H3,(H2,21,23,24)/t15-/m1/s1. The van der Waals surface area contributed by atoms with Crippen molar-refractivity contribution in [2.24, 2.45) is 0 Å². The number of aryl methyl sites for hydroxylation is 1. The number of ether oxygens (including phenoxy) is 2. The zero-order chi connectivity index (χ0) is 20.5. The number of rotatable bonds is 6. The topological polar surface area (TPSA) is 127 Å². The van der Waals surface area contributed by atoms with Gasteiger partial charge in [0.1, 0.15) is 11.5 Å². The van der Waals surface area contributed by atoms with Crippen LogP contribution in [0, 0.1) is 6.92 Å². The zero-order valence-corrected chi connectivity index (χ0v) is 16.5. The van der Waals surface area contributed by atoms with Crippen molar-refractivity contribution in [3.8, 4) is 11.5 Å². The molecule has 0 aromatic carbocycles. The van der Waals surface area contributed by atoms with Crippen LogP contribution in [0.4, 0.5) is 5.95 Å². The van der Waals surface area contributed by atoms with Crippen molar-refractivity contribution in [1.29, 1.82) is 0 Å². The number of anilines is 1. The lowest BCUT2D eigenvalue weighted by molar-refractivity contribution is 0.0301. The third-order valence-electron chi connectivity index (χ3n) is 4.88. The number of nitrogens with two attached hydrogens (primary N) is 1. The Morgan fingerprint density at radius 1 is 1.17 bits per heavy atom. The predicted octanol–water partition coefficient (Wildman–Crippen LogP) is 2.12. The molecule has 4 aromatic rings. The summed E-state index contributed by atoms with van der Waals surface area (Å²) in [5, 5.41) is 8.50. The van der Waals surface area contributed by atoms with Crippen molar-refractivity contribution in [3.63, 3.8) is 0 Å². The minimum Gasteiger partial charge on any atom is -0.460 e. The summed E-state index contributed by atoms with van der Waals surface area (Å²) < 4.78 is 18.5. The second-order valence-corrected chi connectivity index (χ2v) is 7.18. The van der Waals surface area contributed by atoms with Gasteiger partial charge < -0.3 is 19.6 Å². The number of nitrogens with zero attached hydrogens (tertiary/aromatic N) is 6. The van der Waals surface area contributed by atoms with Crippen LogP contribution in [0.2, 0.25) is 0 Å². The average Bonchev–Trinajstić information content (AvgIpc) is 3.48. The van der Waals surface area contributed by atoms with Crippen molar-refractivity contribution in [2.45, 2.75) is 32.6 Å². The van der Waals surface area contributed by atoms with Gasteiger partial charge in [0.2, 0.25) is 5.95 Å². The predicted molar refractivity (Wildman–Crippen MR) is 107 cm³/mol. The number of pyridine rings is 1. The minimum absolute atomic E-state index is 0.129. The Balaban J connectivity index is 1.40. The molecule has 1 aliphatic heterocycles. The Morgan fingerprint density at radius 2 is 2.07 bits per heavy atom. The first-order valence-corrected chi connectivity index (χ1v) is 9.73. The summed E-state index contributed by atoms with van der Waals surface area (Å²) in [6.45, 7) is 4.09. The van der Waals surface area contributed by atoms with Crippen LogP contribution in [0.1, 0.15) is 23.6 Å². The summed E-state index contributed by atoms with van der Waals surface area (Å²) in [5.74, 6) is 1.48. The normalized spacial score (nSPS) is 16.5. The first kappa shape index (κ1) is 18.6. The number of aromatic nitrogens is 6. The van der Waals surface area contributed by atoms with Crippen molar-refractivity contribution in [3.05, 3.63) is 47.5 Å². The van der Waals surface area contributed by atoms with E-state index in [-0.39, 0.29) is 12.1 Å². The minimum atomic E-state index is 0.129. The highest BCUT2D eigenvalue weighted by molar-refractivity contribution is 5.86. The van der Waals surface area contributed by atoms with Crippen LogP contribution in [-0.4, -0.2) is 49.3 Å². The summed E-state index contributed by atoms with van der Waals surface area (Å²) in [7, 11) is 0. The molecule has 5 rings (SSSR count). The molecule has 4 aromatic heterocycles. The van der Waals surface area contributed by atoms with Gasteiger partial charge in [-0.3, -0.25) is 4.98 Å². The Hall–Kier alpha value is -3.37. The first-order chi connectivity index (χ1) is 14.7. The molecule has 0 bridgehead atoms. The van der Waals surface area contributed by atoms with E-state index in [0.717, 1.165) is 30.2 Å². The number of nitrogen functional groups attached to an aromatic ring is 1. The zero-order valence-electron chi connectivity index (χ0n) is 16.5. The molecule has 154 valence electrons. The molecule has 0 saturated carbocycles. The molecular formula is C20H21N7O3. The molecular weight excluding hydrogens is 386 g/mol. The van der Waals surface area contributed by atoms with E-state index in [1.54, 1.807) is 4.68 Å². The smallest absolute Gasteiger partial charge is 0.222 e. The molecule has 1 fully saturated rings. The fourth-order valence-corrected chi connectivity index (χ4v) is 3.41. The van der Waals surface area contributed by atoms with E-state index >= 15 is 0 Å². The van der Waals surface area contributed by atoms with E-state index in [0.29, 0.717) is 42.4 Å².